The Morgan fingerprint density at radius 1 is 1.69 bits per heavy atom. The molecule has 0 aromatic carbocycles. The molecule has 1 aromatic rings. The number of hydrogen-bond donors (Lipinski definition) is 2. The lowest BCUT2D eigenvalue weighted by Crippen LogP contribution is -2.34. The highest BCUT2D eigenvalue weighted by molar-refractivity contribution is 7.10. The Balaban J connectivity index is 2.38. The fraction of sp³-hybridized carbons (Fsp3) is 0.545. The van der Waals surface area contributed by atoms with E-state index in [9.17, 15) is 9.90 Å². The first-order valence-corrected chi connectivity index (χ1v) is 6.00. The van der Waals surface area contributed by atoms with Crippen molar-refractivity contribution in [2.45, 2.75) is 18.4 Å². The van der Waals surface area contributed by atoms with Crippen molar-refractivity contribution in [1.29, 1.82) is 0 Å². The molecule has 2 rings (SSSR count). The summed E-state index contributed by atoms with van der Waals surface area (Å²) in [5, 5.41) is 21.3. The number of hydrogen-bond acceptors (Lipinski definition) is 4. The monoisotopic (exact) mass is 242 g/mol. The number of aromatic carboxylic acids is 1. The van der Waals surface area contributed by atoms with E-state index in [0.29, 0.717) is 4.88 Å². The minimum atomic E-state index is -1.13. The Kier molecular flexibility index (Phi) is 3.01. The van der Waals surface area contributed by atoms with Gasteiger partial charge in [-0.05, 0) is 30.2 Å². The smallest absolute Gasteiger partial charge is 0.336 e. The summed E-state index contributed by atoms with van der Waals surface area (Å²) in [6.45, 7) is 0.151. The normalized spacial score (nSPS) is 19.4. The van der Waals surface area contributed by atoms with Crippen LogP contribution in [-0.2, 0) is 10.3 Å². The number of methoxy groups -OCH3 is 1. The summed E-state index contributed by atoms with van der Waals surface area (Å²) in [6.07, 6.45) is 1.85. The largest absolute Gasteiger partial charge is 0.478 e. The minimum absolute atomic E-state index is 0.129. The second kappa shape index (κ2) is 4.16. The van der Waals surface area contributed by atoms with Gasteiger partial charge in [0.15, 0.2) is 0 Å². The van der Waals surface area contributed by atoms with Crippen molar-refractivity contribution in [1.82, 2.24) is 0 Å². The van der Waals surface area contributed by atoms with E-state index in [0.717, 1.165) is 12.8 Å². The van der Waals surface area contributed by atoms with E-state index >= 15 is 0 Å². The Morgan fingerprint density at radius 3 is 2.88 bits per heavy atom. The molecule has 88 valence electrons. The number of aliphatic hydroxyl groups is 1. The number of ether oxygens (including phenoxy) is 1. The predicted molar refractivity (Wildman–Crippen MR) is 59.8 cm³/mol. The Morgan fingerprint density at radius 2 is 2.38 bits per heavy atom. The number of carboxylic acid groups (broad SMARTS) is 1. The zero-order chi connectivity index (χ0) is 11.8. The summed E-state index contributed by atoms with van der Waals surface area (Å²) >= 11 is 1.28. The molecule has 0 radical (unpaired) electrons. The number of rotatable bonds is 5. The molecule has 2 N–H and O–H groups in total. The molecule has 1 heterocycles. The molecule has 5 heteroatoms. The van der Waals surface area contributed by atoms with Gasteiger partial charge in [-0.1, -0.05) is 0 Å². The molecule has 0 bridgehead atoms. The third-order valence-corrected chi connectivity index (χ3v) is 3.99. The van der Waals surface area contributed by atoms with E-state index in [1.165, 1.54) is 24.5 Å². The van der Waals surface area contributed by atoms with Gasteiger partial charge < -0.3 is 14.9 Å². The quantitative estimate of drug-likeness (QED) is 0.824. The van der Waals surface area contributed by atoms with Crippen LogP contribution < -0.4 is 0 Å². The van der Waals surface area contributed by atoms with Crippen LogP contribution in [0.15, 0.2) is 11.4 Å². The lowest BCUT2D eigenvalue weighted by atomic mass is 9.94. The molecule has 0 saturated heterocycles. The van der Waals surface area contributed by atoms with Crippen LogP contribution in [-0.4, -0.2) is 29.9 Å². The zero-order valence-corrected chi connectivity index (χ0v) is 9.79. The van der Waals surface area contributed by atoms with Gasteiger partial charge in [0.25, 0.3) is 0 Å². The molecule has 0 aliphatic heterocycles. The molecule has 1 aliphatic carbocycles. The van der Waals surface area contributed by atoms with E-state index in [1.807, 2.05) is 0 Å². The van der Waals surface area contributed by atoms with Gasteiger partial charge in [-0.2, -0.15) is 0 Å². The van der Waals surface area contributed by atoms with Gasteiger partial charge in [0.05, 0.1) is 17.0 Å². The molecule has 1 unspecified atom stereocenters. The van der Waals surface area contributed by atoms with Crippen molar-refractivity contribution in [2.75, 3.05) is 13.7 Å². The highest BCUT2D eigenvalue weighted by Gasteiger charge is 2.47. The molecule has 1 aliphatic rings. The highest BCUT2D eigenvalue weighted by atomic mass is 32.1. The van der Waals surface area contributed by atoms with Gasteiger partial charge in [0.1, 0.15) is 5.60 Å². The van der Waals surface area contributed by atoms with Gasteiger partial charge in [0, 0.05) is 7.11 Å². The van der Waals surface area contributed by atoms with Gasteiger partial charge >= 0.3 is 5.97 Å². The van der Waals surface area contributed by atoms with Crippen LogP contribution in [0.1, 0.15) is 28.1 Å². The van der Waals surface area contributed by atoms with Crippen molar-refractivity contribution in [3.8, 4) is 0 Å². The molecule has 4 nitrogen and oxygen atoms in total. The molecule has 1 atom stereocenters. The number of carboxylic acids is 1. The fourth-order valence-electron chi connectivity index (χ4n) is 1.96. The van der Waals surface area contributed by atoms with Crippen LogP contribution in [0.4, 0.5) is 0 Å². The van der Waals surface area contributed by atoms with Crippen LogP contribution >= 0.6 is 11.3 Å². The predicted octanol–water partition coefficient (Wildman–Crippen LogP) is 1.69. The second-order valence-corrected chi connectivity index (χ2v) is 5.02. The molecule has 1 aromatic heterocycles. The summed E-state index contributed by atoms with van der Waals surface area (Å²) in [6, 6.07) is 1.53. The van der Waals surface area contributed by atoms with E-state index in [1.54, 1.807) is 5.38 Å². The first kappa shape index (κ1) is 11.6. The zero-order valence-electron chi connectivity index (χ0n) is 8.97. The maximum Gasteiger partial charge on any atom is 0.336 e. The van der Waals surface area contributed by atoms with Crippen LogP contribution in [0.3, 0.4) is 0 Å². The summed E-state index contributed by atoms with van der Waals surface area (Å²) < 4.78 is 5.03. The van der Waals surface area contributed by atoms with Gasteiger partial charge in [-0.25, -0.2) is 4.79 Å². The number of carbonyl (C=O) groups is 1. The molecule has 16 heavy (non-hydrogen) atoms. The minimum Gasteiger partial charge on any atom is -0.478 e. The van der Waals surface area contributed by atoms with Crippen LogP contribution in [0.2, 0.25) is 0 Å². The molecule has 1 fully saturated rings. The summed E-state index contributed by atoms with van der Waals surface area (Å²) in [4.78, 5) is 11.5. The Labute approximate surface area is 97.5 Å². The van der Waals surface area contributed by atoms with Crippen molar-refractivity contribution in [3.05, 3.63) is 21.9 Å². The average Bonchev–Trinajstić information content (AvgIpc) is 2.95. The van der Waals surface area contributed by atoms with E-state index in [4.69, 9.17) is 9.84 Å². The first-order valence-electron chi connectivity index (χ1n) is 5.12. The summed E-state index contributed by atoms with van der Waals surface area (Å²) in [7, 11) is 1.52. The maximum atomic E-state index is 11.0. The third kappa shape index (κ3) is 1.86. The highest BCUT2D eigenvalue weighted by Crippen LogP contribution is 2.48. The first-order chi connectivity index (χ1) is 7.59. The Hall–Kier alpha value is -0.910. The van der Waals surface area contributed by atoms with Crippen molar-refractivity contribution < 1.29 is 19.7 Å². The Bertz CT molecular complexity index is 396. The van der Waals surface area contributed by atoms with Crippen molar-refractivity contribution in [3.63, 3.8) is 0 Å². The topological polar surface area (TPSA) is 66.8 Å². The average molecular weight is 242 g/mol. The van der Waals surface area contributed by atoms with Crippen molar-refractivity contribution >= 4 is 17.3 Å². The van der Waals surface area contributed by atoms with Crippen LogP contribution in [0.5, 0.6) is 0 Å². The lowest BCUT2D eigenvalue weighted by molar-refractivity contribution is -0.0510. The fourth-order valence-corrected chi connectivity index (χ4v) is 3.01. The number of thiophene rings is 1. The van der Waals surface area contributed by atoms with Crippen LogP contribution in [0, 0.1) is 5.92 Å². The molecular formula is C11H14O4S. The second-order valence-electron chi connectivity index (χ2n) is 4.10. The van der Waals surface area contributed by atoms with Crippen molar-refractivity contribution in [2.24, 2.45) is 5.92 Å². The maximum absolute atomic E-state index is 11.0. The summed E-state index contributed by atoms with van der Waals surface area (Å²) in [5.74, 6) is -0.865. The van der Waals surface area contributed by atoms with Gasteiger partial charge in [0.2, 0.25) is 0 Å². The van der Waals surface area contributed by atoms with Gasteiger partial charge in [-0.15, -0.1) is 11.3 Å². The molecule has 1 saturated carbocycles. The molecular weight excluding hydrogens is 228 g/mol. The standard InChI is InChI=1S/C11H14O4S/c1-15-6-11(14,7-2-3-7)9-8(10(12)13)4-5-16-9/h4-5,7,14H,2-3,6H2,1H3,(H,12,13). The van der Waals surface area contributed by atoms with Gasteiger partial charge in [-0.3, -0.25) is 0 Å². The van der Waals surface area contributed by atoms with E-state index in [-0.39, 0.29) is 18.1 Å². The van der Waals surface area contributed by atoms with E-state index in [2.05, 4.69) is 0 Å². The third-order valence-electron chi connectivity index (χ3n) is 2.91. The molecule has 0 spiro atoms. The van der Waals surface area contributed by atoms with Crippen LogP contribution in [0.25, 0.3) is 0 Å². The lowest BCUT2D eigenvalue weighted by Gasteiger charge is -2.26. The summed E-state index contributed by atoms with van der Waals surface area (Å²) in [5.41, 5.74) is -0.937. The SMILES string of the molecule is COCC(O)(c1sccc1C(=O)O)C1CC1. The molecule has 0 amide bonds. The van der Waals surface area contributed by atoms with E-state index < -0.39 is 11.6 Å².